The third-order valence-electron chi connectivity index (χ3n) is 5.34. The van der Waals surface area contributed by atoms with E-state index >= 15 is 0 Å². The number of amides is 2. The molecule has 2 aliphatic rings. The normalized spacial score (nSPS) is 17.3. The van der Waals surface area contributed by atoms with Gasteiger partial charge in [-0.3, -0.25) is 19.5 Å². The lowest BCUT2D eigenvalue weighted by atomic mass is 10.2. The van der Waals surface area contributed by atoms with Crippen LogP contribution >= 0.6 is 27.5 Å². The molecule has 164 valence electrons. The average Bonchev–Trinajstić information content (AvgIpc) is 3.22. The quantitative estimate of drug-likeness (QED) is 0.483. The van der Waals surface area contributed by atoms with E-state index in [9.17, 15) is 9.59 Å². The maximum Gasteiger partial charge on any atom is 0.281 e. The summed E-state index contributed by atoms with van der Waals surface area (Å²) in [4.78, 5) is 38.0. The Morgan fingerprint density at radius 1 is 0.970 bits per heavy atom. The molecule has 0 fully saturated rings. The Labute approximate surface area is 202 Å². The van der Waals surface area contributed by atoms with Crippen LogP contribution in [0.1, 0.15) is 23.7 Å². The van der Waals surface area contributed by atoms with Gasteiger partial charge in [0.05, 0.1) is 22.8 Å². The largest absolute Gasteiger partial charge is 0.305 e. The number of likely N-dealkylation sites (N-methyl/N-ethyl adjacent to an activating group) is 1. The molecule has 2 aliphatic heterocycles. The van der Waals surface area contributed by atoms with Gasteiger partial charge in [-0.2, -0.15) is 0 Å². The molecule has 33 heavy (non-hydrogen) atoms. The molecule has 0 saturated heterocycles. The van der Waals surface area contributed by atoms with Gasteiger partial charge in [0.15, 0.2) is 11.4 Å². The van der Waals surface area contributed by atoms with E-state index in [-0.39, 0.29) is 23.2 Å². The number of hydrogen-bond donors (Lipinski definition) is 0. The Morgan fingerprint density at radius 2 is 1.70 bits per heavy atom. The molecule has 0 spiro atoms. The number of pyridine rings is 2. The van der Waals surface area contributed by atoms with Crippen LogP contribution < -0.4 is 9.80 Å². The molecule has 0 saturated carbocycles. The summed E-state index contributed by atoms with van der Waals surface area (Å²) in [6.07, 6.45) is 3.08. The van der Waals surface area contributed by atoms with Gasteiger partial charge in [-0.05, 0) is 40.5 Å². The molecule has 2 amide bonds. The molecule has 0 unspecified atom stereocenters. The van der Waals surface area contributed by atoms with E-state index in [1.807, 2.05) is 37.3 Å². The molecule has 10 heteroatoms. The van der Waals surface area contributed by atoms with Crippen molar-refractivity contribution in [3.63, 3.8) is 0 Å². The minimum absolute atomic E-state index is 0.0647. The molecule has 0 N–H and O–H groups in total. The van der Waals surface area contributed by atoms with Gasteiger partial charge in [0, 0.05) is 23.4 Å². The van der Waals surface area contributed by atoms with E-state index in [4.69, 9.17) is 11.6 Å². The van der Waals surface area contributed by atoms with Crippen LogP contribution in [0.3, 0.4) is 0 Å². The Bertz CT molecular complexity index is 1360. The predicted molar refractivity (Wildman–Crippen MR) is 130 cm³/mol. The molecule has 4 heterocycles. The Balaban J connectivity index is 1.58. The van der Waals surface area contributed by atoms with E-state index in [0.29, 0.717) is 45.3 Å². The second-order valence-corrected chi connectivity index (χ2v) is 8.72. The van der Waals surface area contributed by atoms with Gasteiger partial charge in [-0.1, -0.05) is 41.9 Å². The van der Waals surface area contributed by atoms with Gasteiger partial charge < -0.3 is 4.90 Å². The monoisotopic (exact) mass is 522 g/mol. The fourth-order valence-electron chi connectivity index (χ4n) is 3.83. The Kier molecular flexibility index (Phi) is 5.51. The molecule has 3 aromatic rings. The SMILES string of the molecule is CCN1C(=O)/C(=N\N=C2/C(=O)N(Cc3ccccc3)c3ncc(Br)cc32)c2ncc(Cl)cc21. The van der Waals surface area contributed by atoms with Crippen molar-refractivity contribution in [1.82, 2.24) is 9.97 Å². The Morgan fingerprint density at radius 3 is 2.45 bits per heavy atom. The van der Waals surface area contributed by atoms with Gasteiger partial charge in [0.25, 0.3) is 11.8 Å². The summed E-state index contributed by atoms with van der Waals surface area (Å²) in [5.74, 6) is -0.194. The lowest BCUT2D eigenvalue weighted by molar-refractivity contribution is -0.113. The summed E-state index contributed by atoms with van der Waals surface area (Å²) >= 11 is 9.47. The Hall–Kier alpha value is -3.43. The summed E-state index contributed by atoms with van der Waals surface area (Å²) in [7, 11) is 0. The zero-order valence-corrected chi connectivity index (χ0v) is 19.7. The molecule has 1 aromatic carbocycles. The van der Waals surface area contributed by atoms with Crippen molar-refractivity contribution in [2.45, 2.75) is 13.5 Å². The average molecular weight is 524 g/mol. The first-order valence-corrected chi connectivity index (χ1v) is 11.3. The second-order valence-electron chi connectivity index (χ2n) is 7.37. The van der Waals surface area contributed by atoms with Crippen molar-refractivity contribution in [2.75, 3.05) is 16.3 Å². The lowest BCUT2D eigenvalue weighted by Crippen LogP contribution is -2.30. The third kappa shape index (κ3) is 3.73. The van der Waals surface area contributed by atoms with E-state index in [1.54, 1.807) is 23.2 Å². The molecule has 2 aromatic heterocycles. The maximum atomic E-state index is 13.3. The number of carbonyl (C=O) groups is 2. The number of nitrogens with zero attached hydrogens (tertiary/aromatic N) is 6. The summed E-state index contributed by atoms with van der Waals surface area (Å²) in [6.45, 7) is 2.61. The standard InChI is InChI=1S/C23H16BrClN6O2/c1-2-30-17-9-15(25)11-26-19(17)20(23(30)33)29-28-18-16-8-14(24)10-27-21(16)31(22(18)32)12-13-6-4-3-5-7-13/h3-11H,2,12H2,1H3/b28-18-,29-20-. The molecule has 0 atom stereocenters. The van der Waals surface area contributed by atoms with Gasteiger partial charge in [-0.15, -0.1) is 10.2 Å². The topological polar surface area (TPSA) is 91.1 Å². The van der Waals surface area contributed by atoms with E-state index in [1.165, 1.54) is 11.1 Å². The van der Waals surface area contributed by atoms with Crippen molar-refractivity contribution >= 4 is 62.3 Å². The molecular formula is C23H16BrClN6O2. The first-order valence-electron chi connectivity index (χ1n) is 10.1. The number of fused-ring (bicyclic) bond motifs is 2. The summed E-state index contributed by atoms with van der Waals surface area (Å²) in [5, 5.41) is 8.84. The first kappa shape index (κ1) is 21.4. The summed E-state index contributed by atoms with van der Waals surface area (Å²) < 4.78 is 0.701. The second kappa shape index (κ2) is 8.49. The van der Waals surface area contributed by atoms with Gasteiger partial charge in [0.1, 0.15) is 11.5 Å². The van der Waals surface area contributed by atoms with Crippen molar-refractivity contribution in [2.24, 2.45) is 10.2 Å². The van der Waals surface area contributed by atoms with E-state index in [0.717, 1.165) is 5.56 Å². The number of carbonyl (C=O) groups excluding carboxylic acids is 2. The molecule has 0 aliphatic carbocycles. The highest BCUT2D eigenvalue weighted by Gasteiger charge is 2.38. The highest BCUT2D eigenvalue weighted by Crippen LogP contribution is 2.32. The molecule has 0 bridgehead atoms. The zero-order chi connectivity index (χ0) is 23.1. The van der Waals surface area contributed by atoms with E-state index < -0.39 is 0 Å². The fraction of sp³-hybridized carbons (Fsp3) is 0.130. The van der Waals surface area contributed by atoms with E-state index in [2.05, 4.69) is 36.1 Å². The predicted octanol–water partition coefficient (Wildman–Crippen LogP) is 4.00. The highest BCUT2D eigenvalue weighted by atomic mass is 79.9. The third-order valence-corrected chi connectivity index (χ3v) is 5.98. The summed E-state index contributed by atoms with van der Waals surface area (Å²) in [6, 6.07) is 13.0. The van der Waals surface area contributed by atoms with Crippen LogP contribution in [0.15, 0.2) is 69.5 Å². The number of benzene rings is 1. The number of rotatable bonds is 4. The number of hydrogen-bond acceptors (Lipinski definition) is 6. The number of anilines is 2. The highest BCUT2D eigenvalue weighted by molar-refractivity contribution is 9.10. The van der Waals surface area contributed by atoms with Crippen molar-refractivity contribution in [3.8, 4) is 0 Å². The lowest BCUT2D eigenvalue weighted by Gasteiger charge is -2.15. The fourth-order valence-corrected chi connectivity index (χ4v) is 4.31. The van der Waals surface area contributed by atoms with Crippen molar-refractivity contribution in [1.29, 1.82) is 0 Å². The molecule has 0 radical (unpaired) electrons. The van der Waals surface area contributed by atoms with Crippen LogP contribution in [0.2, 0.25) is 5.02 Å². The van der Waals surface area contributed by atoms with Crippen LogP contribution in [0.25, 0.3) is 0 Å². The smallest absolute Gasteiger partial charge is 0.281 e. The summed E-state index contributed by atoms with van der Waals surface area (Å²) in [5.41, 5.74) is 2.62. The zero-order valence-electron chi connectivity index (χ0n) is 17.4. The van der Waals surface area contributed by atoms with Gasteiger partial charge in [-0.25, -0.2) is 4.98 Å². The number of halogens is 2. The van der Waals surface area contributed by atoms with Crippen molar-refractivity contribution in [3.05, 3.63) is 81.2 Å². The van der Waals surface area contributed by atoms with Crippen LogP contribution in [-0.4, -0.2) is 39.8 Å². The van der Waals surface area contributed by atoms with Gasteiger partial charge >= 0.3 is 0 Å². The molecule has 8 nitrogen and oxygen atoms in total. The minimum Gasteiger partial charge on any atom is -0.305 e. The molecule has 5 rings (SSSR count). The van der Waals surface area contributed by atoms with Crippen LogP contribution in [0.5, 0.6) is 0 Å². The molecular weight excluding hydrogens is 508 g/mol. The van der Waals surface area contributed by atoms with Gasteiger partial charge in [0.2, 0.25) is 0 Å². The minimum atomic E-state index is -0.342. The first-order chi connectivity index (χ1) is 16.0. The van der Waals surface area contributed by atoms with Crippen LogP contribution in [0, 0.1) is 0 Å². The van der Waals surface area contributed by atoms with Crippen molar-refractivity contribution < 1.29 is 9.59 Å². The maximum absolute atomic E-state index is 13.3. The number of aromatic nitrogens is 2. The van der Waals surface area contributed by atoms with Crippen LogP contribution in [0.4, 0.5) is 11.5 Å². The van der Waals surface area contributed by atoms with Crippen LogP contribution in [-0.2, 0) is 16.1 Å².